The van der Waals surface area contributed by atoms with Gasteiger partial charge in [-0.1, -0.05) is 67.6 Å². The van der Waals surface area contributed by atoms with Crippen LogP contribution in [0.4, 0.5) is 4.79 Å². The van der Waals surface area contributed by atoms with E-state index in [1.807, 2.05) is 67.6 Å². The molecule has 4 rings (SSSR count). The summed E-state index contributed by atoms with van der Waals surface area (Å²) in [7, 11) is 0. The minimum Gasteiger partial charge on any atom is -0.337 e. The smallest absolute Gasteiger partial charge is 0.331 e. The molecule has 0 bridgehead atoms. The highest BCUT2D eigenvalue weighted by molar-refractivity contribution is 6.14. The van der Waals surface area contributed by atoms with Crippen LogP contribution in [0.2, 0.25) is 0 Å². The molecular weight excluding hydrogens is 424 g/mol. The maximum absolute atomic E-state index is 12.0. The normalized spacial score (nSPS) is 18.4. The Hall–Kier alpha value is -4.01. The molecule has 9 nitrogen and oxygen atoms in total. The van der Waals surface area contributed by atoms with Gasteiger partial charge in [-0.25, -0.2) is 4.79 Å². The van der Waals surface area contributed by atoms with Gasteiger partial charge in [0.1, 0.15) is 6.42 Å². The van der Waals surface area contributed by atoms with Gasteiger partial charge >= 0.3 is 6.03 Å². The fraction of sp³-hybridized carbons (Fsp3) is 0.292. The molecule has 0 aliphatic carbocycles. The maximum atomic E-state index is 12.0. The van der Waals surface area contributed by atoms with Crippen molar-refractivity contribution in [1.29, 1.82) is 0 Å². The molecule has 172 valence electrons. The van der Waals surface area contributed by atoms with E-state index >= 15 is 0 Å². The minimum atomic E-state index is -1.07. The molecule has 0 saturated carbocycles. The van der Waals surface area contributed by atoms with Crippen LogP contribution in [0, 0.1) is 0 Å². The van der Waals surface area contributed by atoms with Crippen LogP contribution in [0.15, 0.2) is 60.7 Å². The fourth-order valence-electron chi connectivity index (χ4n) is 3.95. The van der Waals surface area contributed by atoms with Crippen molar-refractivity contribution in [3.8, 4) is 0 Å². The number of benzene rings is 2. The van der Waals surface area contributed by atoms with E-state index in [9.17, 15) is 24.0 Å². The Labute approximate surface area is 191 Å². The lowest BCUT2D eigenvalue weighted by Crippen LogP contribution is -2.62. The van der Waals surface area contributed by atoms with E-state index in [-0.39, 0.29) is 30.9 Å². The zero-order valence-electron chi connectivity index (χ0n) is 18.5. The minimum absolute atomic E-state index is 0.215. The molecule has 2 heterocycles. The molecule has 1 unspecified atom stereocenters. The number of carbonyl (C=O) groups is 5. The van der Waals surface area contributed by atoms with Gasteiger partial charge in [0, 0.05) is 0 Å². The van der Waals surface area contributed by atoms with Crippen molar-refractivity contribution >= 4 is 29.7 Å². The molecule has 2 aromatic rings. The number of carbonyl (C=O) groups excluding carboxylic acids is 5. The highest BCUT2D eigenvalue weighted by Gasteiger charge is 2.47. The lowest BCUT2D eigenvalue weighted by molar-refractivity contribution is -0.142. The quantitative estimate of drug-likeness (QED) is 0.612. The average Bonchev–Trinajstić information content (AvgIpc) is 2.80. The van der Waals surface area contributed by atoms with Gasteiger partial charge in [0.15, 0.2) is 5.41 Å². The van der Waals surface area contributed by atoms with Gasteiger partial charge in [0.2, 0.25) is 23.6 Å². The standard InChI is InChI=1S/C12H12N2O3.C12H14N2O2/c1-8(9-5-3-2-4-6-9)14-11(16)7-10(15)13-12(14)17;1-2-12(9-6-4-3-5-7-9)10(15)13-8-14-11(12)16/h2-6,8H,7H2,1H3,(H,13,15,17);3-7H,2,8H2,1H3,(H,13,15)(H,14,16). The van der Waals surface area contributed by atoms with Gasteiger partial charge in [-0.05, 0) is 24.5 Å². The Bertz CT molecular complexity index is 1020. The second-order valence-corrected chi connectivity index (χ2v) is 7.69. The molecular formula is C24H26N4O5. The van der Waals surface area contributed by atoms with E-state index in [1.54, 1.807) is 6.92 Å². The molecule has 2 aliphatic heterocycles. The molecule has 2 aromatic carbocycles. The molecule has 9 heteroatoms. The zero-order chi connectivity index (χ0) is 24.0. The first-order valence-corrected chi connectivity index (χ1v) is 10.6. The number of imide groups is 2. The van der Waals surface area contributed by atoms with Crippen LogP contribution in [0.3, 0.4) is 0 Å². The Morgan fingerprint density at radius 2 is 1.42 bits per heavy atom. The van der Waals surface area contributed by atoms with Gasteiger partial charge in [-0.2, -0.15) is 0 Å². The summed E-state index contributed by atoms with van der Waals surface area (Å²) >= 11 is 0. The molecule has 6 amide bonds. The third kappa shape index (κ3) is 4.77. The van der Waals surface area contributed by atoms with Crippen LogP contribution in [-0.4, -0.2) is 41.2 Å². The predicted octanol–water partition coefficient (Wildman–Crippen LogP) is 1.75. The monoisotopic (exact) mass is 450 g/mol. The third-order valence-electron chi connectivity index (χ3n) is 5.78. The van der Waals surface area contributed by atoms with Crippen molar-refractivity contribution in [2.75, 3.05) is 6.67 Å². The molecule has 0 spiro atoms. The topological polar surface area (TPSA) is 125 Å². The third-order valence-corrected chi connectivity index (χ3v) is 5.78. The molecule has 0 aromatic heterocycles. The second kappa shape index (κ2) is 10.1. The highest BCUT2D eigenvalue weighted by Crippen LogP contribution is 2.30. The van der Waals surface area contributed by atoms with Crippen LogP contribution in [0.1, 0.15) is 43.9 Å². The zero-order valence-corrected chi connectivity index (χ0v) is 18.5. The molecule has 0 radical (unpaired) electrons. The number of urea groups is 1. The number of nitrogens with one attached hydrogen (secondary N) is 3. The molecule has 2 saturated heterocycles. The fourth-order valence-corrected chi connectivity index (χ4v) is 3.95. The Morgan fingerprint density at radius 3 is 1.94 bits per heavy atom. The van der Waals surface area contributed by atoms with Crippen molar-refractivity contribution < 1.29 is 24.0 Å². The average molecular weight is 450 g/mol. The predicted molar refractivity (Wildman–Crippen MR) is 119 cm³/mol. The molecule has 2 aliphatic rings. The highest BCUT2D eigenvalue weighted by atomic mass is 16.2. The Morgan fingerprint density at radius 1 is 0.879 bits per heavy atom. The number of rotatable bonds is 4. The van der Waals surface area contributed by atoms with E-state index in [4.69, 9.17) is 0 Å². The van der Waals surface area contributed by atoms with E-state index in [1.165, 1.54) is 0 Å². The summed E-state index contributed by atoms with van der Waals surface area (Å²) in [5.41, 5.74) is 0.525. The van der Waals surface area contributed by atoms with Gasteiger partial charge in [-0.15, -0.1) is 0 Å². The van der Waals surface area contributed by atoms with E-state index in [0.29, 0.717) is 6.42 Å². The van der Waals surface area contributed by atoms with Crippen LogP contribution >= 0.6 is 0 Å². The lowest BCUT2D eigenvalue weighted by atomic mass is 9.75. The maximum Gasteiger partial charge on any atom is 0.331 e. The first-order valence-electron chi connectivity index (χ1n) is 10.6. The van der Waals surface area contributed by atoms with Gasteiger partial charge in [0.05, 0.1) is 12.7 Å². The van der Waals surface area contributed by atoms with Gasteiger partial charge in [0.25, 0.3) is 0 Å². The molecule has 1 atom stereocenters. The summed E-state index contributed by atoms with van der Waals surface area (Å²) in [4.78, 5) is 59.3. The van der Waals surface area contributed by atoms with Gasteiger partial charge < -0.3 is 10.6 Å². The first kappa shape index (κ1) is 23.6. The number of amides is 6. The summed E-state index contributed by atoms with van der Waals surface area (Å²) < 4.78 is 0. The number of nitrogens with zero attached hydrogens (tertiary/aromatic N) is 1. The largest absolute Gasteiger partial charge is 0.337 e. The lowest BCUT2D eigenvalue weighted by Gasteiger charge is -2.34. The van der Waals surface area contributed by atoms with Crippen LogP contribution in [0.5, 0.6) is 0 Å². The summed E-state index contributed by atoms with van der Waals surface area (Å²) in [6.07, 6.45) is 0.178. The van der Waals surface area contributed by atoms with E-state index in [0.717, 1.165) is 16.0 Å². The van der Waals surface area contributed by atoms with Gasteiger partial charge in [-0.3, -0.25) is 29.4 Å². The van der Waals surface area contributed by atoms with E-state index < -0.39 is 23.3 Å². The number of hydrogen-bond acceptors (Lipinski definition) is 5. The SMILES string of the molecule is CC(c1ccccc1)N1C(=O)CC(=O)NC1=O.CCC1(c2ccccc2)C(=O)NCNC1=O. The second-order valence-electron chi connectivity index (χ2n) is 7.69. The van der Waals surface area contributed by atoms with Crippen molar-refractivity contribution in [3.05, 3.63) is 71.8 Å². The van der Waals surface area contributed by atoms with Crippen molar-refractivity contribution in [3.63, 3.8) is 0 Å². The Kier molecular flexibility index (Phi) is 7.22. The van der Waals surface area contributed by atoms with Crippen molar-refractivity contribution in [2.45, 2.75) is 38.1 Å². The van der Waals surface area contributed by atoms with Crippen molar-refractivity contribution in [2.24, 2.45) is 0 Å². The molecule has 3 N–H and O–H groups in total. The van der Waals surface area contributed by atoms with Crippen molar-refractivity contribution in [1.82, 2.24) is 20.9 Å². The molecule has 2 fully saturated rings. The Balaban J connectivity index is 0.000000186. The summed E-state index contributed by atoms with van der Waals surface area (Å²) in [6, 6.07) is 17.3. The van der Waals surface area contributed by atoms with Crippen LogP contribution in [-0.2, 0) is 24.6 Å². The number of hydrogen-bond donors (Lipinski definition) is 3. The van der Waals surface area contributed by atoms with Crippen LogP contribution in [0.25, 0.3) is 0 Å². The summed E-state index contributed by atoms with van der Waals surface area (Å²) in [5.74, 6) is -1.44. The van der Waals surface area contributed by atoms with Crippen LogP contribution < -0.4 is 16.0 Å². The summed E-state index contributed by atoms with van der Waals surface area (Å²) in [5, 5.41) is 7.50. The van der Waals surface area contributed by atoms with E-state index in [2.05, 4.69) is 16.0 Å². The molecule has 33 heavy (non-hydrogen) atoms. The number of barbiturate groups is 1. The first-order chi connectivity index (χ1) is 15.8. The summed E-state index contributed by atoms with van der Waals surface area (Å²) in [6.45, 7) is 3.81.